The fraction of sp³-hybridized carbons (Fsp3) is 0.333. The minimum absolute atomic E-state index is 0.0516. The van der Waals surface area contributed by atoms with E-state index in [1.165, 1.54) is 60.5 Å². The number of sulfonamides is 1. The number of amides is 2. The van der Waals surface area contributed by atoms with Crippen molar-refractivity contribution in [1.82, 2.24) is 10.2 Å². The molecule has 1 N–H and O–H groups in total. The van der Waals surface area contributed by atoms with Crippen LogP contribution in [0.2, 0.25) is 15.1 Å². The zero-order valence-corrected chi connectivity index (χ0v) is 27.1. The van der Waals surface area contributed by atoms with E-state index in [1.54, 1.807) is 25.1 Å². The molecule has 3 rings (SSSR count). The van der Waals surface area contributed by atoms with Gasteiger partial charge in [-0.05, 0) is 87.9 Å². The zero-order chi connectivity index (χ0) is 31.2. The molecule has 0 aliphatic carbocycles. The molecule has 0 saturated heterocycles. The van der Waals surface area contributed by atoms with E-state index in [1.807, 2.05) is 20.8 Å². The van der Waals surface area contributed by atoms with E-state index in [0.717, 1.165) is 4.31 Å². The highest BCUT2D eigenvalue weighted by molar-refractivity contribution is 7.92. The number of anilines is 1. The van der Waals surface area contributed by atoms with Crippen LogP contribution in [-0.2, 0) is 26.2 Å². The number of nitrogens with one attached hydrogen (secondary N) is 1. The van der Waals surface area contributed by atoms with Gasteiger partial charge in [0.2, 0.25) is 11.8 Å². The van der Waals surface area contributed by atoms with Crippen LogP contribution in [0.5, 0.6) is 5.75 Å². The number of carbonyl (C=O) groups excluding carboxylic acids is 2. The fourth-order valence-electron chi connectivity index (χ4n) is 4.24. The first-order valence-corrected chi connectivity index (χ1v) is 15.7. The molecule has 226 valence electrons. The topological polar surface area (TPSA) is 96.0 Å². The number of hydrogen-bond donors (Lipinski definition) is 1. The maximum atomic E-state index is 14.2. The van der Waals surface area contributed by atoms with Gasteiger partial charge in [-0.25, -0.2) is 8.42 Å². The molecule has 0 heterocycles. The number of carbonyl (C=O) groups is 2. The van der Waals surface area contributed by atoms with Gasteiger partial charge in [0.25, 0.3) is 10.0 Å². The summed E-state index contributed by atoms with van der Waals surface area (Å²) in [5.41, 5.74) is 0.0765. The minimum Gasteiger partial charge on any atom is -0.497 e. The molecule has 3 aromatic rings. The molecule has 0 bridgehead atoms. The quantitative estimate of drug-likeness (QED) is 0.252. The molecular formula is C30H34Cl3N3O5S. The summed E-state index contributed by atoms with van der Waals surface area (Å²) in [5.74, 6) is -0.548. The Hall–Kier alpha value is -2.98. The summed E-state index contributed by atoms with van der Waals surface area (Å²) >= 11 is 19.0. The Morgan fingerprint density at radius 2 is 1.50 bits per heavy atom. The number of rotatable bonds is 11. The molecule has 0 spiro atoms. The number of nitrogens with zero attached hydrogens (tertiary/aromatic N) is 2. The Morgan fingerprint density at radius 3 is 2.00 bits per heavy atom. The third-order valence-electron chi connectivity index (χ3n) is 6.32. The van der Waals surface area contributed by atoms with Crippen LogP contribution in [0.25, 0.3) is 0 Å². The van der Waals surface area contributed by atoms with Crippen molar-refractivity contribution in [2.45, 2.75) is 57.1 Å². The molecule has 0 fully saturated rings. The minimum atomic E-state index is -4.26. The van der Waals surface area contributed by atoms with Gasteiger partial charge in [-0.1, -0.05) is 47.8 Å². The summed E-state index contributed by atoms with van der Waals surface area (Å²) in [6, 6.07) is 15.9. The second-order valence-electron chi connectivity index (χ2n) is 10.5. The van der Waals surface area contributed by atoms with Gasteiger partial charge in [-0.3, -0.25) is 13.9 Å². The lowest BCUT2D eigenvalue weighted by molar-refractivity contribution is -0.141. The van der Waals surface area contributed by atoms with E-state index in [-0.39, 0.29) is 23.5 Å². The molecule has 2 amide bonds. The van der Waals surface area contributed by atoms with Gasteiger partial charge in [-0.15, -0.1) is 0 Å². The molecule has 0 radical (unpaired) electrons. The van der Waals surface area contributed by atoms with E-state index in [2.05, 4.69) is 5.32 Å². The van der Waals surface area contributed by atoms with Crippen LogP contribution in [0.1, 0.15) is 39.7 Å². The van der Waals surface area contributed by atoms with Crippen molar-refractivity contribution in [2.75, 3.05) is 18.0 Å². The highest BCUT2D eigenvalue weighted by atomic mass is 35.5. The monoisotopic (exact) mass is 653 g/mol. The van der Waals surface area contributed by atoms with Gasteiger partial charge in [0, 0.05) is 32.7 Å². The van der Waals surface area contributed by atoms with Crippen LogP contribution >= 0.6 is 34.8 Å². The Morgan fingerprint density at radius 1 is 0.929 bits per heavy atom. The van der Waals surface area contributed by atoms with Crippen molar-refractivity contribution in [3.8, 4) is 5.75 Å². The maximum absolute atomic E-state index is 14.2. The Bertz CT molecular complexity index is 1490. The number of hydrogen-bond acceptors (Lipinski definition) is 5. The predicted octanol–water partition coefficient (Wildman–Crippen LogP) is 6.57. The summed E-state index contributed by atoms with van der Waals surface area (Å²) in [7, 11) is -2.78. The lowest BCUT2D eigenvalue weighted by Crippen LogP contribution is -2.55. The van der Waals surface area contributed by atoms with Gasteiger partial charge >= 0.3 is 0 Å². The first-order chi connectivity index (χ1) is 19.7. The molecule has 0 aliphatic heterocycles. The van der Waals surface area contributed by atoms with Crippen molar-refractivity contribution >= 4 is 62.3 Å². The molecule has 0 aromatic heterocycles. The first-order valence-electron chi connectivity index (χ1n) is 13.1. The van der Waals surface area contributed by atoms with Crippen LogP contribution < -0.4 is 14.4 Å². The van der Waals surface area contributed by atoms with Gasteiger partial charge in [0.15, 0.2) is 0 Å². The van der Waals surface area contributed by atoms with E-state index < -0.39 is 40.0 Å². The molecule has 0 aliphatic rings. The van der Waals surface area contributed by atoms with E-state index in [9.17, 15) is 18.0 Å². The molecule has 12 heteroatoms. The standard InChI is InChI=1S/C30H34Cl3N3O5S/c1-6-27(29(38)34-30(2,3)4)35(18-24-25(32)8-7-9-26(24)33)28(37)19-36(21-12-10-20(31)11-13-21)42(39,40)23-16-14-22(41-5)15-17-23/h7-17,27H,6,18-19H2,1-5H3,(H,34,38). The highest BCUT2D eigenvalue weighted by Crippen LogP contribution is 2.30. The number of methoxy groups -OCH3 is 1. The molecule has 42 heavy (non-hydrogen) atoms. The summed E-state index contributed by atoms with van der Waals surface area (Å²) in [4.78, 5) is 28.9. The lowest BCUT2D eigenvalue weighted by Gasteiger charge is -2.35. The third-order valence-corrected chi connectivity index (χ3v) is 9.06. The SMILES string of the molecule is CCC(C(=O)NC(C)(C)C)N(Cc1c(Cl)cccc1Cl)C(=O)CN(c1ccc(Cl)cc1)S(=O)(=O)c1ccc(OC)cc1. The van der Waals surface area contributed by atoms with E-state index in [4.69, 9.17) is 39.5 Å². The van der Waals surface area contributed by atoms with Crippen LogP contribution in [-0.4, -0.2) is 50.4 Å². The van der Waals surface area contributed by atoms with Gasteiger partial charge in [-0.2, -0.15) is 0 Å². The zero-order valence-electron chi connectivity index (χ0n) is 24.0. The number of ether oxygens (including phenoxy) is 1. The third kappa shape index (κ3) is 8.31. The average Bonchev–Trinajstić information content (AvgIpc) is 2.92. The maximum Gasteiger partial charge on any atom is 0.264 e. The van der Waals surface area contributed by atoms with Crippen LogP contribution in [0, 0.1) is 0 Å². The largest absolute Gasteiger partial charge is 0.497 e. The van der Waals surface area contributed by atoms with Crippen LogP contribution in [0.4, 0.5) is 5.69 Å². The van der Waals surface area contributed by atoms with Crippen molar-refractivity contribution in [3.63, 3.8) is 0 Å². The van der Waals surface area contributed by atoms with Crippen molar-refractivity contribution < 1.29 is 22.7 Å². The van der Waals surface area contributed by atoms with Gasteiger partial charge < -0.3 is 15.0 Å². The number of halogens is 3. The van der Waals surface area contributed by atoms with Gasteiger partial charge in [0.05, 0.1) is 17.7 Å². The molecular weight excluding hydrogens is 621 g/mol. The lowest BCUT2D eigenvalue weighted by atomic mass is 10.1. The predicted molar refractivity (Wildman–Crippen MR) is 168 cm³/mol. The Balaban J connectivity index is 2.11. The summed E-state index contributed by atoms with van der Waals surface area (Å²) in [6.07, 6.45) is 0.252. The summed E-state index contributed by atoms with van der Waals surface area (Å²) in [6.45, 7) is 6.53. The van der Waals surface area contributed by atoms with Gasteiger partial charge in [0.1, 0.15) is 18.3 Å². The Labute approximate surface area is 262 Å². The summed E-state index contributed by atoms with van der Waals surface area (Å²) in [5, 5.41) is 3.94. The average molecular weight is 655 g/mol. The molecule has 3 aromatic carbocycles. The summed E-state index contributed by atoms with van der Waals surface area (Å²) < 4.78 is 34.1. The highest BCUT2D eigenvalue weighted by Gasteiger charge is 2.35. The molecule has 0 saturated carbocycles. The number of benzene rings is 3. The van der Waals surface area contributed by atoms with Crippen molar-refractivity contribution in [2.24, 2.45) is 0 Å². The normalized spacial score (nSPS) is 12.4. The molecule has 1 unspecified atom stereocenters. The Kier molecular flexibility index (Phi) is 11.2. The smallest absolute Gasteiger partial charge is 0.264 e. The van der Waals surface area contributed by atoms with Crippen LogP contribution in [0.3, 0.4) is 0 Å². The first kappa shape index (κ1) is 33.5. The molecule has 1 atom stereocenters. The molecule has 8 nitrogen and oxygen atoms in total. The van der Waals surface area contributed by atoms with Crippen molar-refractivity contribution in [1.29, 1.82) is 0 Å². The van der Waals surface area contributed by atoms with E-state index >= 15 is 0 Å². The second-order valence-corrected chi connectivity index (χ2v) is 13.7. The second kappa shape index (κ2) is 14.0. The van der Waals surface area contributed by atoms with E-state index in [0.29, 0.717) is 26.4 Å². The van der Waals surface area contributed by atoms with Crippen molar-refractivity contribution in [3.05, 3.63) is 87.4 Å². The van der Waals surface area contributed by atoms with Crippen LogP contribution in [0.15, 0.2) is 71.6 Å². The fourth-order valence-corrected chi connectivity index (χ4v) is 6.29.